The van der Waals surface area contributed by atoms with Gasteiger partial charge in [0.1, 0.15) is 0 Å². The van der Waals surface area contributed by atoms with Crippen LogP contribution in [0.25, 0.3) is 0 Å². The molecule has 90 valence electrons. The summed E-state index contributed by atoms with van der Waals surface area (Å²) >= 11 is 5.20. The zero-order chi connectivity index (χ0) is 11.8. The van der Waals surface area contributed by atoms with Crippen LogP contribution in [0, 0.1) is 5.41 Å². The van der Waals surface area contributed by atoms with Crippen LogP contribution >= 0.6 is 27.3 Å². The highest BCUT2D eigenvalue weighted by molar-refractivity contribution is 9.10. The molecule has 1 unspecified atom stereocenters. The average Bonchev–Trinajstić information content (AvgIpc) is 2.56. The van der Waals surface area contributed by atoms with E-state index in [2.05, 4.69) is 40.5 Å². The highest BCUT2D eigenvalue weighted by atomic mass is 79.9. The molecule has 16 heavy (non-hydrogen) atoms. The Balaban J connectivity index is 2.23. The average molecular weight is 303 g/mol. The van der Waals surface area contributed by atoms with Crippen LogP contribution in [-0.2, 0) is 5.60 Å². The Bertz CT molecular complexity index is 372. The SMILES string of the molecule is CC1(C)CCCC(O)(c2cscc2Br)CC1. The molecule has 1 aliphatic carbocycles. The molecule has 1 nitrogen and oxygen atoms in total. The van der Waals surface area contributed by atoms with E-state index in [0.29, 0.717) is 5.41 Å². The summed E-state index contributed by atoms with van der Waals surface area (Å²) in [5.74, 6) is 0. The summed E-state index contributed by atoms with van der Waals surface area (Å²) in [6, 6.07) is 0. The fourth-order valence-electron chi connectivity index (χ4n) is 2.54. The third-order valence-corrected chi connectivity index (χ3v) is 5.48. The summed E-state index contributed by atoms with van der Waals surface area (Å²) < 4.78 is 1.07. The Hall–Kier alpha value is 0.140. The van der Waals surface area contributed by atoms with Crippen molar-refractivity contribution in [2.24, 2.45) is 5.41 Å². The molecule has 0 amide bonds. The molecule has 1 saturated carbocycles. The van der Waals surface area contributed by atoms with Gasteiger partial charge in [0.15, 0.2) is 0 Å². The standard InChI is InChI=1S/C13H19BrOS/c1-12(2)4-3-5-13(15,7-6-12)10-8-16-9-11(10)14/h8-9,15H,3-7H2,1-2H3. The van der Waals surface area contributed by atoms with Crippen molar-refractivity contribution in [1.29, 1.82) is 0 Å². The van der Waals surface area contributed by atoms with Gasteiger partial charge in [-0.2, -0.15) is 11.3 Å². The minimum atomic E-state index is -0.605. The lowest BCUT2D eigenvalue weighted by Gasteiger charge is -2.28. The Morgan fingerprint density at radius 3 is 2.56 bits per heavy atom. The van der Waals surface area contributed by atoms with Gasteiger partial charge in [-0.25, -0.2) is 0 Å². The fraction of sp³-hybridized carbons (Fsp3) is 0.692. The van der Waals surface area contributed by atoms with Crippen molar-refractivity contribution in [3.05, 3.63) is 20.8 Å². The predicted molar refractivity (Wildman–Crippen MR) is 72.8 cm³/mol. The van der Waals surface area contributed by atoms with Crippen LogP contribution in [0.1, 0.15) is 51.5 Å². The summed E-state index contributed by atoms with van der Waals surface area (Å²) in [4.78, 5) is 0. The first kappa shape index (κ1) is 12.6. The second kappa shape index (κ2) is 4.43. The first-order chi connectivity index (χ1) is 7.43. The van der Waals surface area contributed by atoms with Crippen LogP contribution in [0.5, 0.6) is 0 Å². The fourth-order valence-corrected chi connectivity index (χ4v) is 4.29. The Kier molecular flexibility index (Phi) is 3.49. The third kappa shape index (κ3) is 2.52. The van der Waals surface area contributed by atoms with Gasteiger partial charge < -0.3 is 5.11 Å². The van der Waals surface area contributed by atoms with E-state index in [9.17, 15) is 5.11 Å². The molecule has 1 atom stereocenters. The van der Waals surface area contributed by atoms with Gasteiger partial charge in [0.2, 0.25) is 0 Å². The zero-order valence-corrected chi connectivity index (χ0v) is 12.3. The van der Waals surface area contributed by atoms with Gasteiger partial charge in [0.25, 0.3) is 0 Å². The van der Waals surface area contributed by atoms with E-state index < -0.39 is 5.60 Å². The largest absolute Gasteiger partial charge is 0.385 e. The maximum atomic E-state index is 10.8. The van der Waals surface area contributed by atoms with Crippen molar-refractivity contribution in [1.82, 2.24) is 0 Å². The minimum Gasteiger partial charge on any atom is -0.385 e. The topological polar surface area (TPSA) is 20.2 Å². The van der Waals surface area contributed by atoms with Crippen LogP contribution in [0.4, 0.5) is 0 Å². The van der Waals surface area contributed by atoms with Crippen molar-refractivity contribution in [3.63, 3.8) is 0 Å². The van der Waals surface area contributed by atoms with E-state index in [1.807, 2.05) is 0 Å². The second-order valence-corrected chi connectivity index (χ2v) is 7.28. The number of halogens is 1. The minimum absolute atomic E-state index is 0.382. The Morgan fingerprint density at radius 1 is 1.19 bits per heavy atom. The molecule has 0 aliphatic heterocycles. The summed E-state index contributed by atoms with van der Waals surface area (Å²) in [6.45, 7) is 4.61. The van der Waals surface area contributed by atoms with Gasteiger partial charge in [-0.1, -0.05) is 13.8 Å². The van der Waals surface area contributed by atoms with E-state index in [1.165, 1.54) is 6.42 Å². The van der Waals surface area contributed by atoms with Gasteiger partial charge in [0.05, 0.1) is 5.60 Å². The number of aliphatic hydroxyl groups is 1. The van der Waals surface area contributed by atoms with Crippen LogP contribution in [-0.4, -0.2) is 5.11 Å². The first-order valence-electron chi connectivity index (χ1n) is 5.88. The maximum Gasteiger partial charge on any atom is 0.0915 e. The number of thiophene rings is 1. The van der Waals surface area contributed by atoms with E-state index in [0.717, 1.165) is 35.7 Å². The molecule has 0 radical (unpaired) electrons. The van der Waals surface area contributed by atoms with E-state index in [-0.39, 0.29) is 0 Å². The molecular weight excluding hydrogens is 284 g/mol. The van der Waals surface area contributed by atoms with Crippen molar-refractivity contribution in [2.45, 2.75) is 51.6 Å². The highest BCUT2D eigenvalue weighted by Gasteiger charge is 2.36. The molecule has 2 rings (SSSR count). The first-order valence-corrected chi connectivity index (χ1v) is 7.61. The van der Waals surface area contributed by atoms with Crippen molar-refractivity contribution < 1.29 is 5.11 Å². The molecule has 1 fully saturated rings. The van der Waals surface area contributed by atoms with E-state index in [4.69, 9.17) is 0 Å². The highest BCUT2D eigenvalue weighted by Crippen LogP contribution is 2.45. The van der Waals surface area contributed by atoms with Gasteiger partial charge in [0, 0.05) is 15.4 Å². The van der Waals surface area contributed by atoms with Crippen LogP contribution in [0.2, 0.25) is 0 Å². The summed E-state index contributed by atoms with van der Waals surface area (Å²) in [5.41, 5.74) is 0.870. The van der Waals surface area contributed by atoms with Gasteiger partial charge in [-0.3, -0.25) is 0 Å². The maximum absolute atomic E-state index is 10.8. The molecule has 1 N–H and O–H groups in total. The zero-order valence-electron chi connectivity index (χ0n) is 9.92. The summed E-state index contributed by atoms with van der Waals surface area (Å²) in [6.07, 6.45) is 5.22. The Labute approximate surface area is 110 Å². The third-order valence-electron chi connectivity index (χ3n) is 3.78. The molecule has 0 spiro atoms. The van der Waals surface area contributed by atoms with Crippen molar-refractivity contribution >= 4 is 27.3 Å². The number of hydrogen-bond donors (Lipinski definition) is 1. The van der Waals surface area contributed by atoms with Crippen LogP contribution in [0.15, 0.2) is 15.2 Å². The molecular formula is C13H19BrOS. The van der Waals surface area contributed by atoms with Crippen molar-refractivity contribution in [2.75, 3.05) is 0 Å². The lowest BCUT2D eigenvalue weighted by molar-refractivity contribution is 0.0178. The molecule has 3 heteroatoms. The molecule has 1 aromatic heterocycles. The molecule has 1 aliphatic rings. The van der Waals surface area contributed by atoms with Crippen LogP contribution < -0.4 is 0 Å². The quantitative estimate of drug-likeness (QED) is 0.746. The van der Waals surface area contributed by atoms with E-state index >= 15 is 0 Å². The normalized spacial score (nSPS) is 30.0. The molecule has 0 bridgehead atoms. The Morgan fingerprint density at radius 2 is 1.94 bits per heavy atom. The van der Waals surface area contributed by atoms with E-state index in [1.54, 1.807) is 11.3 Å². The van der Waals surface area contributed by atoms with Crippen molar-refractivity contribution in [3.8, 4) is 0 Å². The number of rotatable bonds is 1. The molecule has 1 aromatic rings. The van der Waals surface area contributed by atoms with Gasteiger partial charge in [-0.05, 0) is 58.8 Å². The second-order valence-electron chi connectivity index (χ2n) is 5.68. The molecule has 0 aromatic carbocycles. The molecule has 1 heterocycles. The lowest BCUT2D eigenvalue weighted by atomic mass is 9.83. The van der Waals surface area contributed by atoms with Gasteiger partial charge >= 0.3 is 0 Å². The lowest BCUT2D eigenvalue weighted by Crippen LogP contribution is -2.25. The monoisotopic (exact) mass is 302 g/mol. The van der Waals surface area contributed by atoms with Gasteiger partial charge in [-0.15, -0.1) is 0 Å². The summed E-state index contributed by atoms with van der Waals surface area (Å²) in [5, 5.41) is 14.9. The molecule has 0 saturated heterocycles. The summed E-state index contributed by atoms with van der Waals surface area (Å²) in [7, 11) is 0. The predicted octanol–water partition coefficient (Wildman–Crippen LogP) is 4.69. The number of hydrogen-bond acceptors (Lipinski definition) is 2. The smallest absolute Gasteiger partial charge is 0.0915 e. The van der Waals surface area contributed by atoms with Crippen LogP contribution in [0.3, 0.4) is 0 Å².